The van der Waals surface area contributed by atoms with Gasteiger partial charge in [0, 0.05) is 0 Å². The van der Waals surface area contributed by atoms with E-state index in [9.17, 15) is 9.59 Å². The monoisotopic (exact) mass is 324 g/mol. The lowest BCUT2D eigenvalue weighted by Crippen LogP contribution is -2.35. The summed E-state index contributed by atoms with van der Waals surface area (Å²) < 4.78 is 10.6. The van der Waals surface area contributed by atoms with Crippen LogP contribution in [-0.2, 0) is 19.1 Å². The van der Waals surface area contributed by atoms with E-state index in [2.05, 4.69) is 0 Å². The summed E-state index contributed by atoms with van der Waals surface area (Å²) in [5.74, 6) is 1.34. The van der Waals surface area contributed by atoms with Crippen molar-refractivity contribution in [3.63, 3.8) is 0 Å². The summed E-state index contributed by atoms with van der Waals surface area (Å²) in [6.07, 6.45) is 8.34. The third-order valence-electron chi connectivity index (χ3n) is 5.90. The Hall–Kier alpha value is -1.06. The molecule has 0 aromatic heterocycles. The maximum absolute atomic E-state index is 12.0. The molecule has 132 valence electrons. The van der Waals surface area contributed by atoms with Gasteiger partial charge >= 0.3 is 11.9 Å². The van der Waals surface area contributed by atoms with Crippen LogP contribution in [0.1, 0.15) is 72.6 Å². The van der Waals surface area contributed by atoms with Gasteiger partial charge in [0.1, 0.15) is 6.10 Å². The second-order valence-corrected chi connectivity index (χ2v) is 8.14. The first-order valence-electron chi connectivity index (χ1n) is 9.18. The molecule has 2 rings (SSSR count). The minimum atomic E-state index is -0.549. The highest BCUT2D eigenvalue weighted by molar-refractivity contribution is 5.79. The van der Waals surface area contributed by atoms with E-state index < -0.39 is 11.4 Å². The van der Waals surface area contributed by atoms with E-state index in [1.807, 2.05) is 27.7 Å². The molecule has 2 bridgehead atoms. The summed E-state index contributed by atoms with van der Waals surface area (Å²) in [5, 5.41) is 0. The summed E-state index contributed by atoms with van der Waals surface area (Å²) in [7, 11) is 0. The molecule has 2 aliphatic rings. The number of fused-ring (bicyclic) bond motifs is 2. The Morgan fingerprint density at radius 2 is 1.74 bits per heavy atom. The number of carbonyl (C=O) groups excluding carboxylic acids is 2. The SMILES string of the molecule is CCC(C)(C)C(=O)OCC(=O)OC(C)C1CC2CCCC(C2)C1. The molecule has 0 aromatic rings. The van der Waals surface area contributed by atoms with Crippen molar-refractivity contribution in [2.45, 2.75) is 78.7 Å². The van der Waals surface area contributed by atoms with Gasteiger partial charge in [-0.3, -0.25) is 4.79 Å². The van der Waals surface area contributed by atoms with Crippen LogP contribution in [0.2, 0.25) is 0 Å². The smallest absolute Gasteiger partial charge is 0.344 e. The van der Waals surface area contributed by atoms with Gasteiger partial charge < -0.3 is 9.47 Å². The predicted octanol–water partition coefficient (Wildman–Crippen LogP) is 4.11. The van der Waals surface area contributed by atoms with Gasteiger partial charge in [-0.15, -0.1) is 0 Å². The Bertz CT molecular complexity index is 417. The summed E-state index contributed by atoms with van der Waals surface area (Å²) in [5.41, 5.74) is -0.549. The molecule has 2 aliphatic carbocycles. The second-order valence-electron chi connectivity index (χ2n) is 8.14. The molecule has 0 amide bonds. The van der Waals surface area contributed by atoms with Gasteiger partial charge in [-0.1, -0.05) is 26.2 Å². The van der Waals surface area contributed by atoms with E-state index in [4.69, 9.17) is 9.47 Å². The van der Waals surface area contributed by atoms with Crippen LogP contribution in [0.5, 0.6) is 0 Å². The molecular weight excluding hydrogens is 292 g/mol. The highest BCUT2D eigenvalue weighted by atomic mass is 16.6. The Labute approximate surface area is 140 Å². The molecule has 0 radical (unpaired) electrons. The van der Waals surface area contributed by atoms with Gasteiger partial charge in [-0.25, -0.2) is 4.79 Å². The molecule has 3 unspecified atom stereocenters. The Morgan fingerprint density at radius 1 is 1.13 bits per heavy atom. The maximum atomic E-state index is 12.0. The topological polar surface area (TPSA) is 52.6 Å². The number of hydrogen-bond acceptors (Lipinski definition) is 4. The lowest BCUT2D eigenvalue weighted by atomic mass is 9.67. The van der Waals surface area contributed by atoms with Crippen molar-refractivity contribution in [3.8, 4) is 0 Å². The molecule has 4 heteroatoms. The number of rotatable bonds is 6. The molecule has 0 heterocycles. The van der Waals surface area contributed by atoms with Crippen LogP contribution in [0, 0.1) is 23.2 Å². The quantitative estimate of drug-likeness (QED) is 0.690. The molecule has 0 saturated heterocycles. The summed E-state index contributed by atoms with van der Waals surface area (Å²) >= 11 is 0. The zero-order chi connectivity index (χ0) is 17.0. The van der Waals surface area contributed by atoms with Crippen molar-refractivity contribution < 1.29 is 19.1 Å². The average molecular weight is 324 g/mol. The van der Waals surface area contributed by atoms with Crippen molar-refractivity contribution in [2.24, 2.45) is 23.2 Å². The van der Waals surface area contributed by atoms with E-state index >= 15 is 0 Å². The molecule has 0 aliphatic heterocycles. The molecule has 3 atom stereocenters. The lowest BCUT2D eigenvalue weighted by Gasteiger charge is -2.40. The number of hydrogen-bond donors (Lipinski definition) is 0. The standard InChI is InChI=1S/C19H32O4/c1-5-19(3,4)18(21)22-12-17(20)23-13(2)16-10-14-7-6-8-15(9-14)11-16/h13-16H,5-12H2,1-4H3. The van der Waals surface area contributed by atoms with E-state index in [0.29, 0.717) is 12.3 Å². The first-order chi connectivity index (χ1) is 10.8. The van der Waals surface area contributed by atoms with Gasteiger partial charge in [0.15, 0.2) is 6.61 Å². The average Bonchev–Trinajstić information content (AvgIpc) is 2.52. The van der Waals surface area contributed by atoms with Crippen LogP contribution in [-0.4, -0.2) is 24.6 Å². The number of esters is 2. The van der Waals surface area contributed by atoms with Crippen molar-refractivity contribution in [2.75, 3.05) is 6.61 Å². The number of ether oxygens (including phenoxy) is 2. The minimum absolute atomic E-state index is 0.0798. The molecule has 4 nitrogen and oxygen atoms in total. The predicted molar refractivity (Wildman–Crippen MR) is 88.8 cm³/mol. The molecule has 23 heavy (non-hydrogen) atoms. The normalized spacial score (nSPS) is 28.8. The van der Waals surface area contributed by atoms with E-state index in [0.717, 1.165) is 11.8 Å². The van der Waals surface area contributed by atoms with Gasteiger partial charge in [0.05, 0.1) is 5.41 Å². The zero-order valence-corrected chi connectivity index (χ0v) is 15.1. The van der Waals surface area contributed by atoms with Crippen LogP contribution < -0.4 is 0 Å². The Morgan fingerprint density at radius 3 is 2.30 bits per heavy atom. The molecular formula is C19H32O4. The molecule has 2 fully saturated rings. The van der Waals surface area contributed by atoms with Gasteiger partial charge in [0.25, 0.3) is 0 Å². The van der Waals surface area contributed by atoms with Gasteiger partial charge in [0.2, 0.25) is 0 Å². The minimum Gasteiger partial charge on any atom is -0.460 e. The van der Waals surface area contributed by atoms with E-state index in [1.54, 1.807) is 0 Å². The Kier molecular flexibility index (Phi) is 6.10. The summed E-state index contributed by atoms with van der Waals surface area (Å²) in [6.45, 7) is 7.29. The van der Waals surface area contributed by atoms with Gasteiger partial charge in [-0.2, -0.15) is 0 Å². The first-order valence-corrected chi connectivity index (χ1v) is 9.18. The van der Waals surface area contributed by atoms with Crippen LogP contribution in [0.25, 0.3) is 0 Å². The Balaban J connectivity index is 1.75. The van der Waals surface area contributed by atoms with E-state index in [1.165, 1.54) is 38.5 Å². The second kappa shape index (κ2) is 7.67. The largest absolute Gasteiger partial charge is 0.460 e. The number of carbonyl (C=O) groups is 2. The third-order valence-corrected chi connectivity index (χ3v) is 5.90. The van der Waals surface area contributed by atoms with Crippen LogP contribution in [0.3, 0.4) is 0 Å². The first kappa shape index (κ1) is 18.3. The molecule has 0 aromatic carbocycles. The molecule has 2 saturated carbocycles. The molecule has 0 N–H and O–H groups in total. The third kappa shape index (κ3) is 4.95. The zero-order valence-electron chi connectivity index (χ0n) is 15.1. The molecule has 0 spiro atoms. The highest BCUT2D eigenvalue weighted by Crippen LogP contribution is 2.43. The van der Waals surface area contributed by atoms with Crippen molar-refractivity contribution >= 4 is 11.9 Å². The van der Waals surface area contributed by atoms with Crippen LogP contribution >= 0.6 is 0 Å². The summed E-state index contributed by atoms with van der Waals surface area (Å²) in [6, 6.07) is 0. The fraction of sp³-hybridized carbons (Fsp3) is 0.895. The van der Waals surface area contributed by atoms with Crippen LogP contribution in [0.15, 0.2) is 0 Å². The lowest BCUT2D eigenvalue weighted by molar-refractivity contribution is -0.169. The maximum Gasteiger partial charge on any atom is 0.344 e. The van der Waals surface area contributed by atoms with Crippen LogP contribution in [0.4, 0.5) is 0 Å². The van der Waals surface area contributed by atoms with Gasteiger partial charge in [-0.05, 0) is 64.2 Å². The highest BCUT2D eigenvalue weighted by Gasteiger charge is 2.35. The summed E-state index contributed by atoms with van der Waals surface area (Å²) in [4.78, 5) is 23.9. The fourth-order valence-electron chi connectivity index (χ4n) is 3.97. The van der Waals surface area contributed by atoms with Crippen molar-refractivity contribution in [1.82, 2.24) is 0 Å². The van der Waals surface area contributed by atoms with Crippen molar-refractivity contribution in [3.05, 3.63) is 0 Å². The fourth-order valence-corrected chi connectivity index (χ4v) is 3.97. The van der Waals surface area contributed by atoms with Crippen molar-refractivity contribution in [1.29, 1.82) is 0 Å². The van der Waals surface area contributed by atoms with E-state index in [-0.39, 0.29) is 18.7 Å².